The molecule has 3 rings (SSSR count). The van der Waals surface area contributed by atoms with Gasteiger partial charge in [0, 0.05) is 22.8 Å². The van der Waals surface area contributed by atoms with Crippen LogP contribution in [0.5, 0.6) is 0 Å². The summed E-state index contributed by atoms with van der Waals surface area (Å²) in [4.78, 5) is 16.6. The molecule has 0 aliphatic heterocycles. The van der Waals surface area contributed by atoms with Gasteiger partial charge >= 0.3 is 0 Å². The molecule has 134 valence electrons. The number of carbonyl (C=O) groups excluding carboxylic acids is 1. The summed E-state index contributed by atoms with van der Waals surface area (Å²) >= 11 is 17.0. The van der Waals surface area contributed by atoms with Gasteiger partial charge in [0.15, 0.2) is 5.11 Å². The number of carbonyl (C=O) groups is 1. The average molecular weight is 408 g/mol. The van der Waals surface area contributed by atoms with Crippen molar-refractivity contribution in [1.29, 1.82) is 0 Å². The number of nitrogens with one attached hydrogen (secondary N) is 3. The van der Waals surface area contributed by atoms with Crippen molar-refractivity contribution in [2.45, 2.75) is 6.42 Å². The normalized spacial score (nSPS) is 10.6. The molecule has 1 aromatic heterocycles. The Balaban J connectivity index is 1.56. The van der Waals surface area contributed by atoms with Crippen LogP contribution in [0, 0.1) is 0 Å². The lowest BCUT2D eigenvalue weighted by Gasteiger charge is -2.12. The highest BCUT2D eigenvalue weighted by Crippen LogP contribution is 2.22. The lowest BCUT2D eigenvalue weighted by molar-refractivity contribution is -0.121. The second-order valence-corrected chi connectivity index (χ2v) is 6.82. The van der Waals surface area contributed by atoms with Crippen molar-refractivity contribution in [1.82, 2.24) is 20.4 Å². The SMILES string of the molecule is Cn1c(CC(=O)NNC(=S)Nc2cc(Cl)cc(Cl)c2)nc2ccccc21. The minimum atomic E-state index is -0.267. The van der Waals surface area contributed by atoms with Crippen molar-refractivity contribution < 1.29 is 4.79 Å². The number of hydrazine groups is 1. The molecule has 1 amide bonds. The number of thiocarbonyl (C=S) groups is 1. The molecule has 0 radical (unpaired) electrons. The third kappa shape index (κ3) is 4.43. The van der Waals surface area contributed by atoms with Crippen LogP contribution in [0.4, 0.5) is 5.69 Å². The molecule has 1 heterocycles. The van der Waals surface area contributed by atoms with Gasteiger partial charge in [0.25, 0.3) is 0 Å². The summed E-state index contributed by atoms with van der Waals surface area (Å²) < 4.78 is 1.89. The van der Waals surface area contributed by atoms with E-state index in [1.165, 1.54) is 0 Å². The van der Waals surface area contributed by atoms with Gasteiger partial charge in [-0.1, -0.05) is 35.3 Å². The summed E-state index contributed by atoms with van der Waals surface area (Å²) in [6, 6.07) is 12.7. The number of aryl methyl sites for hydroxylation is 1. The van der Waals surface area contributed by atoms with Gasteiger partial charge in [-0.05, 0) is 42.5 Å². The summed E-state index contributed by atoms with van der Waals surface area (Å²) in [7, 11) is 1.88. The smallest absolute Gasteiger partial charge is 0.245 e. The number of halogens is 2. The predicted molar refractivity (Wildman–Crippen MR) is 108 cm³/mol. The number of imidazole rings is 1. The zero-order valence-electron chi connectivity index (χ0n) is 13.7. The predicted octanol–water partition coefficient (Wildman–Crippen LogP) is 3.44. The first-order chi connectivity index (χ1) is 12.4. The van der Waals surface area contributed by atoms with E-state index in [0.29, 0.717) is 21.6 Å². The van der Waals surface area contributed by atoms with Crippen molar-refractivity contribution in [3.63, 3.8) is 0 Å². The number of anilines is 1. The molecule has 0 aliphatic rings. The van der Waals surface area contributed by atoms with Crippen LogP contribution >= 0.6 is 35.4 Å². The molecular weight excluding hydrogens is 393 g/mol. The third-order valence-corrected chi connectivity index (χ3v) is 4.27. The van der Waals surface area contributed by atoms with Gasteiger partial charge in [0.05, 0.1) is 17.5 Å². The summed E-state index contributed by atoms with van der Waals surface area (Å²) in [6.45, 7) is 0. The fourth-order valence-electron chi connectivity index (χ4n) is 2.46. The van der Waals surface area contributed by atoms with E-state index < -0.39 is 0 Å². The zero-order valence-corrected chi connectivity index (χ0v) is 16.0. The lowest BCUT2D eigenvalue weighted by Crippen LogP contribution is -2.44. The van der Waals surface area contributed by atoms with E-state index in [1.807, 2.05) is 35.9 Å². The first-order valence-electron chi connectivity index (χ1n) is 7.64. The Morgan fingerprint density at radius 1 is 1.15 bits per heavy atom. The quantitative estimate of drug-likeness (QED) is 0.458. The highest BCUT2D eigenvalue weighted by Gasteiger charge is 2.11. The van der Waals surface area contributed by atoms with Crippen molar-refractivity contribution >= 4 is 63.2 Å². The van der Waals surface area contributed by atoms with Crippen LogP contribution in [-0.4, -0.2) is 20.6 Å². The highest BCUT2D eigenvalue weighted by atomic mass is 35.5. The minimum absolute atomic E-state index is 0.115. The van der Waals surface area contributed by atoms with Crippen molar-refractivity contribution in [2.24, 2.45) is 7.05 Å². The largest absolute Gasteiger partial charge is 0.331 e. The molecule has 3 aromatic rings. The van der Waals surface area contributed by atoms with Gasteiger partial charge < -0.3 is 9.88 Å². The summed E-state index contributed by atoms with van der Waals surface area (Å²) in [5, 5.41) is 4.06. The standard InChI is InChI=1S/C17H15Cl2N5OS/c1-24-14-5-3-2-4-13(14)21-15(24)9-16(25)22-23-17(26)20-12-7-10(18)6-11(19)8-12/h2-8H,9H2,1H3,(H,22,25)(H2,20,23,26). The number of rotatable bonds is 3. The van der Waals surface area contributed by atoms with E-state index in [2.05, 4.69) is 21.2 Å². The second kappa shape index (κ2) is 7.90. The van der Waals surface area contributed by atoms with Gasteiger partial charge in [-0.3, -0.25) is 15.6 Å². The molecule has 9 heteroatoms. The van der Waals surface area contributed by atoms with Crippen LogP contribution in [-0.2, 0) is 18.3 Å². The van der Waals surface area contributed by atoms with E-state index in [1.54, 1.807) is 18.2 Å². The Morgan fingerprint density at radius 2 is 1.85 bits per heavy atom. The highest BCUT2D eigenvalue weighted by molar-refractivity contribution is 7.80. The monoisotopic (exact) mass is 407 g/mol. The third-order valence-electron chi connectivity index (χ3n) is 3.63. The van der Waals surface area contributed by atoms with E-state index in [0.717, 1.165) is 11.0 Å². The van der Waals surface area contributed by atoms with E-state index in [4.69, 9.17) is 35.4 Å². The second-order valence-electron chi connectivity index (χ2n) is 5.54. The maximum Gasteiger partial charge on any atom is 0.245 e. The Bertz CT molecular complexity index is 968. The number of nitrogens with zero attached hydrogens (tertiary/aromatic N) is 2. The topological polar surface area (TPSA) is 71.0 Å². The van der Waals surface area contributed by atoms with Gasteiger partial charge in [-0.15, -0.1) is 0 Å². The van der Waals surface area contributed by atoms with E-state index in [-0.39, 0.29) is 17.4 Å². The van der Waals surface area contributed by atoms with Crippen LogP contribution in [0.2, 0.25) is 10.0 Å². The van der Waals surface area contributed by atoms with Gasteiger partial charge in [0.1, 0.15) is 5.82 Å². The van der Waals surface area contributed by atoms with E-state index >= 15 is 0 Å². The zero-order chi connectivity index (χ0) is 18.7. The Morgan fingerprint density at radius 3 is 2.54 bits per heavy atom. The molecule has 0 saturated carbocycles. The fourth-order valence-corrected chi connectivity index (χ4v) is 3.15. The Hall–Kier alpha value is -2.35. The van der Waals surface area contributed by atoms with Crippen molar-refractivity contribution in [2.75, 3.05) is 5.32 Å². The molecule has 0 unspecified atom stereocenters. The van der Waals surface area contributed by atoms with E-state index in [9.17, 15) is 4.79 Å². The molecule has 0 bridgehead atoms. The number of benzene rings is 2. The lowest BCUT2D eigenvalue weighted by atomic mass is 10.3. The van der Waals surface area contributed by atoms with Crippen LogP contribution < -0.4 is 16.2 Å². The molecule has 0 saturated heterocycles. The molecular formula is C17H15Cl2N5OS. The number of fused-ring (bicyclic) bond motifs is 1. The first-order valence-corrected chi connectivity index (χ1v) is 8.81. The van der Waals surface area contributed by atoms with Gasteiger partial charge in [-0.2, -0.15) is 0 Å². The van der Waals surface area contributed by atoms with Crippen molar-refractivity contribution in [3.05, 3.63) is 58.3 Å². The number of amides is 1. The molecule has 0 atom stereocenters. The van der Waals surface area contributed by atoms with Crippen LogP contribution in [0.25, 0.3) is 11.0 Å². The van der Waals surface area contributed by atoms with Crippen LogP contribution in [0.3, 0.4) is 0 Å². The van der Waals surface area contributed by atoms with Crippen LogP contribution in [0.15, 0.2) is 42.5 Å². The van der Waals surface area contributed by atoms with Gasteiger partial charge in [-0.25, -0.2) is 4.98 Å². The Kier molecular flexibility index (Phi) is 5.61. The summed E-state index contributed by atoms with van der Waals surface area (Å²) in [5.74, 6) is 0.391. The molecule has 0 aliphatic carbocycles. The fraction of sp³-hybridized carbons (Fsp3) is 0.118. The molecule has 2 aromatic carbocycles. The molecule has 6 nitrogen and oxygen atoms in total. The molecule has 3 N–H and O–H groups in total. The number of hydrogen-bond acceptors (Lipinski definition) is 3. The van der Waals surface area contributed by atoms with Crippen molar-refractivity contribution in [3.8, 4) is 0 Å². The summed E-state index contributed by atoms with van der Waals surface area (Å²) in [5.41, 5.74) is 7.61. The number of para-hydroxylation sites is 2. The molecule has 0 spiro atoms. The number of hydrogen-bond donors (Lipinski definition) is 3. The maximum absolute atomic E-state index is 12.2. The minimum Gasteiger partial charge on any atom is -0.331 e. The summed E-state index contributed by atoms with van der Waals surface area (Å²) in [6.07, 6.45) is 0.115. The van der Waals surface area contributed by atoms with Crippen LogP contribution in [0.1, 0.15) is 5.82 Å². The molecule has 26 heavy (non-hydrogen) atoms. The van der Waals surface area contributed by atoms with Gasteiger partial charge in [0.2, 0.25) is 5.91 Å². The number of aromatic nitrogens is 2. The maximum atomic E-state index is 12.2. The molecule has 0 fully saturated rings. The first kappa shape index (κ1) is 18.4. The average Bonchev–Trinajstić information content (AvgIpc) is 2.88. The Labute approximate surface area is 165 Å².